The standard InChI is InChI=1S/C15H20FN3O2/c1-3-4-5-13-15(21)18(2)8-9-19(13)14(20)11-6-7-17-10-12(11)16/h6-7,10,13H,3-5,8-9H2,1-2H3/t13-/m0/s1. The molecule has 1 atom stereocenters. The summed E-state index contributed by atoms with van der Waals surface area (Å²) in [5.41, 5.74) is -0.0242. The molecule has 0 bridgehead atoms. The van der Waals surface area contributed by atoms with Crippen LogP contribution in [0.3, 0.4) is 0 Å². The average molecular weight is 293 g/mol. The molecule has 2 heterocycles. The Morgan fingerprint density at radius 2 is 2.24 bits per heavy atom. The third kappa shape index (κ3) is 3.20. The van der Waals surface area contributed by atoms with Crippen LogP contribution in [0.4, 0.5) is 4.39 Å². The maximum atomic E-state index is 13.7. The van der Waals surface area contributed by atoms with Crippen LogP contribution in [0.2, 0.25) is 0 Å². The van der Waals surface area contributed by atoms with Gasteiger partial charge >= 0.3 is 0 Å². The van der Waals surface area contributed by atoms with Gasteiger partial charge in [0.25, 0.3) is 5.91 Å². The van der Waals surface area contributed by atoms with Gasteiger partial charge in [0.1, 0.15) is 6.04 Å². The van der Waals surface area contributed by atoms with Gasteiger partial charge in [-0.1, -0.05) is 19.8 Å². The highest BCUT2D eigenvalue weighted by atomic mass is 19.1. The number of amides is 2. The third-order valence-electron chi connectivity index (χ3n) is 3.81. The van der Waals surface area contributed by atoms with Gasteiger partial charge in [0.05, 0.1) is 11.8 Å². The molecular weight excluding hydrogens is 273 g/mol. The van der Waals surface area contributed by atoms with Crippen LogP contribution in [-0.2, 0) is 4.79 Å². The number of halogens is 1. The molecule has 1 aliphatic rings. The van der Waals surface area contributed by atoms with Gasteiger partial charge in [-0.15, -0.1) is 0 Å². The zero-order valence-electron chi connectivity index (χ0n) is 12.4. The first-order chi connectivity index (χ1) is 10.1. The van der Waals surface area contributed by atoms with Gasteiger partial charge in [-0.3, -0.25) is 14.6 Å². The van der Waals surface area contributed by atoms with Crippen molar-refractivity contribution in [2.24, 2.45) is 0 Å². The minimum Gasteiger partial charge on any atom is -0.342 e. The predicted octanol–water partition coefficient (Wildman–Crippen LogP) is 1.69. The summed E-state index contributed by atoms with van der Waals surface area (Å²) < 4.78 is 13.7. The van der Waals surface area contributed by atoms with E-state index in [9.17, 15) is 14.0 Å². The van der Waals surface area contributed by atoms with Crippen LogP contribution >= 0.6 is 0 Å². The molecule has 2 rings (SSSR count). The molecule has 114 valence electrons. The first-order valence-electron chi connectivity index (χ1n) is 7.21. The minimum absolute atomic E-state index is 0.0242. The number of pyridine rings is 1. The molecule has 0 saturated carbocycles. The van der Waals surface area contributed by atoms with Crippen molar-refractivity contribution in [3.05, 3.63) is 29.8 Å². The van der Waals surface area contributed by atoms with E-state index in [-0.39, 0.29) is 11.5 Å². The zero-order chi connectivity index (χ0) is 15.4. The quantitative estimate of drug-likeness (QED) is 0.849. The van der Waals surface area contributed by atoms with E-state index in [4.69, 9.17) is 0 Å². The van der Waals surface area contributed by atoms with E-state index in [0.717, 1.165) is 19.0 Å². The second-order valence-electron chi connectivity index (χ2n) is 5.27. The molecule has 1 aliphatic heterocycles. The third-order valence-corrected chi connectivity index (χ3v) is 3.81. The molecule has 5 nitrogen and oxygen atoms in total. The molecule has 1 aromatic rings. The smallest absolute Gasteiger partial charge is 0.257 e. The average Bonchev–Trinajstić information content (AvgIpc) is 2.48. The van der Waals surface area contributed by atoms with E-state index in [2.05, 4.69) is 4.98 Å². The number of aromatic nitrogens is 1. The molecule has 21 heavy (non-hydrogen) atoms. The molecule has 1 fully saturated rings. The summed E-state index contributed by atoms with van der Waals surface area (Å²) in [6.07, 6.45) is 4.81. The van der Waals surface area contributed by atoms with Crippen LogP contribution in [0.15, 0.2) is 18.5 Å². The van der Waals surface area contributed by atoms with E-state index in [1.54, 1.807) is 11.9 Å². The van der Waals surface area contributed by atoms with Crippen molar-refractivity contribution in [2.75, 3.05) is 20.1 Å². The normalized spacial score (nSPS) is 19.0. The van der Waals surface area contributed by atoms with Crippen LogP contribution in [0.1, 0.15) is 36.5 Å². The molecule has 1 saturated heterocycles. The Labute approximate surface area is 123 Å². The van der Waals surface area contributed by atoms with Crippen molar-refractivity contribution in [3.63, 3.8) is 0 Å². The Morgan fingerprint density at radius 3 is 2.90 bits per heavy atom. The number of likely N-dealkylation sites (N-methyl/N-ethyl adjacent to an activating group) is 1. The molecule has 0 N–H and O–H groups in total. The second kappa shape index (κ2) is 6.65. The number of unbranched alkanes of at least 4 members (excludes halogenated alkanes) is 1. The van der Waals surface area contributed by atoms with E-state index in [0.29, 0.717) is 19.5 Å². The maximum Gasteiger partial charge on any atom is 0.257 e. The predicted molar refractivity (Wildman–Crippen MR) is 76.2 cm³/mol. The summed E-state index contributed by atoms with van der Waals surface area (Å²) in [6, 6.07) is 0.862. The second-order valence-corrected chi connectivity index (χ2v) is 5.27. The number of carbonyl (C=O) groups excluding carboxylic acids is 2. The first-order valence-corrected chi connectivity index (χ1v) is 7.21. The topological polar surface area (TPSA) is 53.5 Å². The Morgan fingerprint density at radius 1 is 1.48 bits per heavy atom. The van der Waals surface area contributed by atoms with Crippen molar-refractivity contribution >= 4 is 11.8 Å². The fourth-order valence-corrected chi connectivity index (χ4v) is 2.53. The number of hydrogen-bond acceptors (Lipinski definition) is 3. The fraction of sp³-hybridized carbons (Fsp3) is 0.533. The zero-order valence-corrected chi connectivity index (χ0v) is 12.4. The lowest BCUT2D eigenvalue weighted by Gasteiger charge is -2.39. The summed E-state index contributed by atoms with van der Waals surface area (Å²) in [5, 5.41) is 0. The van der Waals surface area contributed by atoms with Crippen LogP contribution in [0, 0.1) is 5.82 Å². The molecule has 0 unspecified atom stereocenters. The van der Waals surface area contributed by atoms with Crippen LogP contribution in [-0.4, -0.2) is 52.8 Å². The molecule has 0 aliphatic carbocycles. The summed E-state index contributed by atoms with van der Waals surface area (Å²) >= 11 is 0. The van der Waals surface area contributed by atoms with Gasteiger partial charge in [0.2, 0.25) is 5.91 Å². The molecule has 6 heteroatoms. The SMILES string of the molecule is CCCC[C@H]1C(=O)N(C)CCN1C(=O)c1ccncc1F. The summed E-state index contributed by atoms with van der Waals surface area (Å²) in [7, 11) is 1.73. The number of piperazine rings is 1. The van der Waals surface area contributed by atoms with Crippen molar-refractivity contribution in [1.82, 2.24) is 14.8 Å². The van der Waals surface area contributed by atoms with E-state index >= 15 is 0 Å². The van der Waals surface area contributed by atoms with Crippen molar-refractivity contribution < 1.29 is 14.0 Å². The lowest BCUT2D eigenvalue weighted by molar-refractivity contribution is -0.138. The van der Waals surface area contributed by atoms with E-state index in [1.807, 2.05) is 6.92 Å². The number of nitrogens with zero attached hydrogens (tertiary/aromatic N) is 3. The van der Waals surface area contributed by atoms with Crippen LogP contribution in [0.5, 0.6) is 0 Å². The van der Waals surface area contributed by atoms with E-state index in [1.165, 1.54) is 17.2 Å². The highest BCUT2D eigenvalue weighted by molar-refractivity contribution is 5.98. The molecule has 0 spiro atoms. The van der Waals surface area contributed by atoms with Crippen molar-refractivity contribution in [1.29, 1.82) is 0 Å². The molecular formula is C15H20FN3O2. The van der Waals surface area contributed by atoms with Gasteiger partial charge in [0.15, 0.2) is 5.82 Å². The van der Waals surface area contributed by atoms with E-state index < -0.39 is 17.8 Å². The largest absolute Gasteiger partial charge is 0.342 e. The molecule has 1 aromatic heterocycles. The van der Waals surface area contributed by atoms with Crippen molar-refractivity contribution in [3.8, 4) is 0 Å². The summed E-state index contributed by atoms with van der Waals surface area (Å²) in [5.74, 6) is -1.15. The monoisotopic (exact) mass is 293 g/mol. The van der Waals surface area contributed by atoms with Gasteiger partial charge in [-0.05, 0) is 12.5 Å². The Hall–Kier alpha value is -1.98. The Bertz CT molecular complexity index is 535. The van der Waals surface area contributed by atoms with Crippen LogP contribution < -0.4 is 0 Å². The number of rotatable bonds is 4. The van der Waals surface area contributed by atoms with Crippen LogP contribution in [0.25, 0.3) is 0 Å². The maximum absolute atomic E-state index is 13.7. The van der Waals surface area contributed by atoms with Gasteiger partial charge in [-0.2, -0.15) is 0 Å². The fourth-order valence-electron chi connectivity index (χ4n) is 2.53. The number of carbonyl (C=O) groups is 2. The lowest BCUT2D eigenvalue weighted by Crippen LogP contribution is -2.57. The summed E-state index contributed by atoms with van der Waals surface area (Å²) in [4.78, 5) is 31.6. The molecule has 0 radical (unpaired) electrons. The van der Waals surface area contributed by atoms with Crippen molar-refractivity contribution in [2.45, 2.75) is 32.2 Å². The Balaban J connectivity index is 2.24. The molecule has 2 amide bonds. The lowest BCUT2D eigenvalue weighted by atomic mass is 10.0. The highest BCUT2D eigenvalue weighted by Crippen LogP contribution is 2.20. The Kier molecular flexibility index (Phi) is 4.88. The molecule has 0 aromatic carbocycles. The first kappa shape index (κ1) is 15.4. The number of hydrogen-bond donors (Lipinski definition) is 0. The highest BCUT2D eigenvalue weighted by Gasteiger charge is 2.36. The van der Waals surface area contributed by atoms with Gasteiger partial charge in [0, 0.05) is 26.3 Å². The summed E-state index contributed by atoms with van der Waals surface area (Å²) in [6.45, 7) is 2.93. The van der Waals surface area contributed by atoms with Gasteiger partial charge in [-0.25, -0.2) is 4.39 Å². The van der Waals surface area contributed by atoms with Gasteiger partial charge < -0.3 is 9.80 Å². The minimum atomic E-state index is -0.650.